The number of anilines is 2. The van der Waals surface area contributed by atoms with Gasteiger partial charge >= 0.3 is 0 Å². The molecule has 5 rings (SSSR count). The lowest BCUT2D eigenvalue weighted by Crippen LogP contribution is -2.21. The molecular formula is C29H26N2O2S. The maximum absolute atomic E-state index is 13.1. The Hall–Kier alpha value is -3.57. The maximum Gasteiger partial charge on any atom is 0.234 e. The summed E-state index contributed by atoms with van der Waals surface area (Å²) in [7, 11) is 0. The number of thioether (sulfide) groups is 1. The van der Waals surface area contributed by atoms with Gasteiger partial charge in [-0.25, -0.2) is 0 Å². The molecule has 4 nitrogen and oxygen atoms in total. The fourth-order valence-corrected chi connectivity index (χ4v) is 5.51. The highest BCUT2D eigenvalue weighted by atomic mass is 32.2. The van der Waals surface area contributed by atoms with Crippen molar-refractivity contribution in [3.63, 3.8) is 0 Å². The van der Waals surface area contributed by atoms with Gasteiger partial charge in [-0.3, -0.25) is 9.59 Å². The van der Waals surface area contributed by atoms with Crippen LogP contribution < -0.4 is 10.2 Å². The number of benzene rings is 4. The second-order valence-corrected chi connectivity index (χ2v) is 9.29. The molecule has 4 aromatic rings. The van der Waals surface area contributed by atoms with Gasteiger partial charge in [0.1, 0.15) is 0 Å². The number of hydrogen-bond donors (Lipinski definition) is 1. The second kappa shape index (κ2) is 9.35. The van der Waals surface area contributed by atoms with Crippen molar-refractivity contribution in [1.82, 2.24) is 0 Å². The Labute approximate surface area is 204 Å². The fourth-order valence-electron chi connectivity index (χ4n) is 4.67. The van der Waals surface area contributed by atoms with Crippen molar-refractivity contribution < 1.29 is 9.59 Å². The summed E-state index contributed by atoms with van der Waals surface area (Å²) >= 11 is 1.50. The zero-order valence-corrected chi connectivity index (χ0v) is 20.1. The van der Waals surface area contributed by atoms with Crippen molar-refractivity contribution in [2.45, 2.75) is 18.7 Å². The van der Waals surface area contributed by atoms with Gasteiger partial charge in [-0.15, -0.1) is 11.8 Å². The number of fused-ring (bicyclic) bond motifs is 2. The van der Waals surface area contributed by atoms with Gasteiger partial charge in [0, 0.05) is 45.9 Å². The molecule has 0 fully saturated rings. The van der Waals surface area contributed by atoms with Gasteiger partial charge in [-0.1, -0.05) is 48.5 Å². The fraction of sp³-hybridized carbons (Fsp3) is 0.172. The Kier molecular flexibility index (Phi) is 6.12. The predicted octanol–water partition coefficient (Wildman–Crippen LogP) is 6.63. The lowest BCUT2D eigenvalue weighted by Gasteiger charge is -2.21. The van der Waals surface area contributed by atoms with Crippen LogP contribution in [0.3, 0.4) is 0 Å². The monoisotopic (exact) mass is 466 g/mol. The molecule has 1 aliphatic carbocycles. The Morgan fingerprint density at radius 2 is 1.50 bits per heavy atom. The summed E-state index contributed by atoms with van der Waals surface area (Å²) in [4.78, 5) is 29.0. The van der Waals surface area contributed by atoms with E-state index in [0.717, 1.165) is 62.4 Å². The number of hydrogen-bond acceptors (Lipinski definition) is 4. The first-order valence-electron chi connectivity index (χ1n) is 11.6. The van der Waals surface area contributed by atoms with E-state index in [-0.39, 0.29) is 11.7 Å². The number of nitrogens with one attached hydrogen (secondary N) is 1. The van der Waals surface area contributed by atoms with Crippen LogP contribution in [0.15, 0.2) is 83.8 Å². The molecule has 0 radical (unpaired) electrons. The van der Waals surface area contributed by atoms with E-state index in [1.807, 2.05) is 66.7 Å². The van der Waals surface area contributed by atoms with Gasteiger partial charge in [0.2, 0.25) is 5.91 Å². The first-order valence-corrected chi connectivity index (χ1v) is 12.6. The number of carbonyl (C=O) groups is 2. The minimum absolute atomic E-state index is 0.0533. The number of rotatable bonds is 7. The Balaban J connectivity index is 1.35. The Morgan fingerprint density at radius 1 is 0.794 bits per heavy atom. The van der Waals surface area contributed by atoms with E-state index >= 15 is 0 Å². The van der Waals surface area contributed by atoms with E-state index in [2.05, 4.69) is 36.2 Å². The summed E-state index contributed by atoms with van der Waals surface area (Å²) in [6.07, 6.45) is 0. The number of ketones is 1. The number of amides is 1. The first kappa shape index (κ1) is 22.2. The van der Waals surface area contributed by atoms with E-state index in [0.29, 0.717) is 5.75 Å². The summed E-state index contributed by atoms with van der Waals surface area (Å²) in [6, 6.07) is 25.7. The van der Waals surface area contributed by atoms with Crippen molar-refractivity contribution in [3.8, 4) is 11.1 Å². The van der Waals surface area contributed by atoms with Crippen LogP contribution >= 0.6 is 11.8 Å². The normalized spacial score (nSPS) is 11.9. The van der Waals surface area contributed by atoms with Crippen molar-refractivity contribution >= 4 is 45.6 Å². The van der Waals surface area contributed by atoms with Crippen LogP contribution in [0, 0.1) is 0 Å². The minimum Gasteiger partial charge on any atom is -0.372 e. The third-order valence-corrected chi connectivity index (χ3v) is 7.42. The van der Waals surface area contributed by atoms with E-state index in [1.165, 1.54) is 11.8 Å². The average molecular weight is 467 g/mol. The van der Waals surface area contributed by atoms with Gasteiger partial charge in [-0.2, -0.15) is 0 Å². The average Bonchev–Trinajstić information content (AvgIpc) is 2.88. The molecule has 0 bridgehead atoms. The smallest absolute Gasteiger partial charge is 0.234 e. The molecule has 1 aliphatic rings. The van der Waals surface area contributed by atoms with Crippen molar-refractivity contribution in [2.24, 2.45) is 0 Å². The van der Waals surface area contributed by atoms with E-state index in [4.69, 9.17) is 0 Å². The van der Waals surface area contributed by atoms with Crippen LogP contribution in [-0.2, 0) is 4.79 Å². The zero-order chi connectivity index (χ0) is 23.7. The van der Waals surface area contributed by atoms with Crippen LogP contribution in [0.2, 0.25) is 0 Å². The second-order valence-electron chi connectivity index (χ2n) is 8.27. The quantitative estimate of drug-likeness (QED) is 0.274. The third kappa shape index (κ3) is 3.97. The largest absolute Gasteiger partial charge is 0.372 e. The van der Waals surface area contributed by atoms with Gasteiger partial charge in [-0.05, 0) is 60.7 Å². The van der Waals surface area contributed by atoms with Crippen molar-refractivity contribution in [1.29, 1.82) is 0 Å². The first-order chi connectivity index (χ1) is 16.6. The zero-order valence-electron chi connectivity index (χ0n) is 19.3. The van der Waals surface area contributed by atoms with Gasteiger partial charge < -0.3 is 10.2 Å². The van der Waals surface area contributed by atoms with E-state index in [9.17, 15) is 9.59 Å². The summed E-state index contributed by atoms with van der Waals surface area (Å²) in [6.45, 7) is 6.16. The van der Waals surface area contributed by atoms with E-state index in [1.54, 1.807) is 0 Å². The van der Waals surface area contributed by atoms with Gasteiger partial charge in [0.25, 0.3) is 0 Å². The predicted molar refractivity (Wildman–Crippen MR) is 142 cm³/mol. The molecule has 170 valence electrons. The molecule has 0 heterocycles. The summed E-state index contributed by atoms with van der Waals surface area (Å²) in [5.74, 6) is 0.297. The molecule has 0 atom stereocenters. The van der Waals surface area contributed by atoms with Crippen LogP contribution in [0.25, 0.3) is 21.9 Å². The molecular weight excluding hydrogens is 440 g/mol. The Bertz CT molecular complexity index is 1390. The van der Waals surface area contributed by atoms with E-state index < -0.39 is 0 Å². The highest BCUT2D eigenvalue weighted by molar-refractivity contribution is 8.00. The molecule has 0 spiro atoms. The highest BCUT2D eigenvalue weighted by Gasteiger charge is 2.25. The minimum atomic E-state index is -0.0533. The molecule has 1 amide bonds. The van der Waals surface area contributed by atoms with Crippen molar-refractivity contribution in [3.05, 3.63) is 90.0 Å². The molecule has 0 aliphatic heterocycles. The van der Waals surface area contributed by atoms with Gasteiger partial charge in [0.15, 0.2) is 5.78 Å². The molecule has 1 N–H and O–H groups in total. The molecule has 0 saturated heterocycles. The lowest BCUT2D eigenvalue weighted by atomic mass is 9.83. The molecule has 4 aromatic carbocycles. The summed E-state index contributed by atoms with van der Waals surface area (Å²) in [5, 5.41) is 4.98. The van der Waals surface area contributed by atoms with Crippen molar-refractivity contribution in [2.75, 3.05) is 29.1 Å². The summed E-state index contributed by atoms with van der Waals surface area (Å²) in [5.41, 5.74) is 5.46. The standard InChI is InChI=1S/C29H26N2O2S/c1-3-31(4-2)20-14-12-19(13-15-20)30-27(32)18-34-26-17-16-22-21-8-5-6-9-23(21)29(33)25-11-7-10-24(26)28(22)25/h5-17H,3-4,18H2,1-2H3,(H,30,32). The number of nitrogens with zero attached hydrogens (tertiary/aromatic N) is 1. The molecule has 5 heteroatoms. The number of carbonyl (C=O) groups excluding carboxylic acids is 2. The third-order valence-electron chi connectivity index (χ3n) is 6.35. The lowest BCUT2D eigenvalue weighted by molar-refractivity contribution is -0.113. The van der Waals surface area contributed by atoms with Gasteiger partial charge in [0.05, 0.1) is 5.75 Å². The van der Waals surface area contributed by atoms with Crippen LogP contribution in [0.5, 0.6) is 0 Å². The topological polar surface area (TPSA) is 49.4 Å². The molecule has 0 aromatic heterocycles. The summed E-state index contributed by atoms with van der Waals surface area (Å²) < 4.78 is 0. The van der Waals surface area contributed by atoms with Crippen LogP contribution in [0.1, 0.15) is 29.8 Å². The molecule has 34 heavy (non-hydrogen) atoms. The SMILES string of the molecule is CCN(CC)c1ccc(NC(=O)CSc2ccc3c4c(cccc24)C(=O)c2ccccc2-3)cc1. The Morgan fingerprint density at radius 3 is 2.24 bits per heavy atom. The maximum atomic E-state index is 13.1. The highest BCUT2D eigenvalue weighted by Crippen LogP contribution is 2.42. The molecule has 0 saturated carbocycles. The molecule has 0 unspecified atom stereocenters. The van der Waals surface area contributed by atoms with Crippen LogP contribution in [-0.4, -0.2) is 30.5 Å². The van der Waals surface area contributed by atoms with Crippen LogP contribution in [0.4, 0.5) is 11.4 Å².